The maximum Gasteiger partial charge on any atom is 0.284 e. The van der Waals surface area contributed by atoms with E-state index >= 15 is 0 Å². The molecule has 6 nitrogen and oxygen atoms in total. The summed E-state index contributed by atoms with van der Waals surface area (Å²) >= 11 is 1.33. The number of amides is 1. The van der Waals surface area contributed by atoms with Crippen LogP contribution in [0.4, 0.5) is 4.39 Å². The lowest BCUT2D eigenvalue weighted by Crippen LogP contribution is -2.27. The zero-order valence-electron chi connectivity index (χ0n) is 18.1. The standard InChI is InChI=1S/C26H21FN4O2S/c27-19-8-3-9-22(32)25(19)21-13-20(17-6-4-12-29-15-17)30-31(21)26(33)24-11-10-23(34-24)18-7-2-1-5-16(18)14-28/h1-12,15,21,32H,13-14,28H2. The van der Waals surface area contributed by atoms with Crippen molar-refractivity contribution in [1.29, 1.82) is 0 Å². The number of benzene rings is 2. The van der Waals surface area contributed by atoms with Crippen molar-refractivity contribution in [1.82, 2.24) is 9.99 Å². The molecule has 2 aromatic heterocycles. The Morgan fingerprint density at radius 3 is 2.74 bits per heavy atom. The van der Waals surface area contributed by atoms with E-state index in [1.165, 1.54) is 34.5 Å². The van der Waals surface area contributed by atoms with Gasteiger partial charge in [0.25, 0.3) is 5.91 Å². The number of hydrogen-bond donors (Lipinski definition) is 2. The average Bonchev–Trinajstić information content (AvgIpc) is 3.52. The Hall–Kier alpha value is -3.88. The highest BCUT2D eigenvalue weighted by Gasteiger charge is 2.37. The Bertz CT molecular complexity index is 1370. The number of halogens is 1. The lowest BCUT2D eigenvalue weighted by Gasteiger charge is -2.22. The van der Waals surface area contributed by atoms with Crippen LogP contribution in [0.5, 0.6) is 5.75 Å². The van der Waals surface area contributed by atoms with Gasteiger partial charge in [0.2, 0.25) is 0 Å². The Kier molecular flexibility index (Phi) is 5.91. The van der Waals surface area contributed by atoms with Crippen LogP contribution in [0.15, 0.2) is 84.2 Å². The van der Waals surface area contributed by atoms with Crippen LogP contribution in [0.1, 0.15) is 38.8 Å². The van der Waals surface area contributed by atoms with Crippen molar-refractivity contribution in [3.63, 3.8) is 0 Å². The number of hydrogen-bond acceptors (Lipinski definition) is 6. The normalized spacial score (nSPS) is 15.4. The molecule has 0 fully saturated rings. The van der Waals surface area contributed by atoms with Gasteiger partial charge in [-0.1, -0.05) is 36.4 Å². The zero-order chi connectivity index (χ0) is 23.7. The Labute approximate surface area is 199 Å². The van der Waals surface area contributed by atoms with Crippen molar-refractivity contribution in [2.24, 2.45) is 10.8 Å². The maximum atomic E-state index is 14.8. The predicted molar refractivity (Wildman–Crippen MR) is 130 cm³/mol. The van der Waals surface area contributed by atoms with E-state index in [4.69, 9.17) is 5.73 Å². The minimum Gasteiger partial charge on any atom is -0.507 e. The Morgan fingerprint density at radius 1 is 1.12 bits per heavy atom. The fourth-order valence-corrected chi connectivity index (χ4v) is 5.13. The third-order valence-corrected chi connectivity index (χ3v) is 6.90. The van der Waals surface area contributed by atoms with Gasteiger partial charge < -0.3 is 10.8 Å². The summed E-state index contributed by atoms with van der Waals surface area (Å²) in [6.07, 6.45) is 3.55. The second kappa shape index (κ2) is 9.17. The van der Waals surface area contributed by atoms with Crippen LogP contribution in [-0.2, 0) is 6.54 Å². The van der Waals surface area contributed by atoms with Gasteiger partial charge in [-0.3, -0.25) is 9.78 Å². The molecule has 0 aliphatic carbocycles. The number of nitrogens with zero attached hydrogens (tertiary/aromatic N) is 3. The predicted octanol–water partition coefficient (Wildman–Crippen LogP) is 5.11. The summed E-state index contributed by atoms with van der Waals surface area (Å²) in [5, 5.41) is 16.3. The van der Waals surface area contributed by atoms with Gasteiger partial charge in [0.15, 0.2) is 0 Å². The number of pyridine rings is 1. The first-order valence-corrected chi connectivity index (χ1v) is 11.6. The average molecular weight is 473 g/mol. The number of aromatic nitrogens is 1. The number of hydrazone groups is 1. The molecule has 1 aliphatic heterocycles. The van der Waals surface area contributed by atoms with Crippen molar-refractivity contribution in [2.45, 2.75) is 19.0 Å². The van der Waals surface area contributed by atoms with E-state index in [0.29, 0.717) is 17.1 Å². The molecular weight excluding hydrogens is 451 g/mol. The molecule has 0 saturated carbocycles. The van der Waals surface area contributed by atoms with Crippen molar-refractivity contribution < 1.29 is 14.3 Å². The van der Waals surface area contributed by atoms with Crippen LogP contribution in [-0.4, -0.2) is 26.7 Å². The Morgan fingerprint density at radius 2 is 1.97 bits per heavy atom. The molecule has 3 heterocycles. The Balaban J connectivity index is 1.54. The third kappa shape index (κ3) is 3.98. The molecule has 0 saturated heterocycles. The van der Waals surface area contributed by atoms with Crippen molar-refractivity contribution in [3.8, 4) is 16.2 Å². The summed E-state index contributed by atoms with van der Waals surface area (Å²) in [5.41, 5.74) is 9.22. The lowest BCUT2D eigenvalue weighted by atomic mass is 9.97. The van der Waals surface area contributed by atoms with E-state index in [9.17, 15) is 14.3 Å². The van der Waals surface area contributed by atoms with Crippen molar-refractivity contribution in [2.75, 3.05) is 0 Å². The van der Waals surface area contributed by atoms with E-state index < -0.39 is 11.9 Å². The van der Waals surface area contributed by atoms with Crippen molar-refractivity contribution >= 4 is 23.0 Å². The van der Waals surface area contributed by atoms with Gasteiger partial charge in [0, 0.05) is 35.8 Å². The molecule has 1 unspecified atom stereocenters. The van der Waals surface area contributed by atoms with Gasteiger partial charge in [0.1, 0.15) is 11.6 Å². The zero-order valence-corrected chi connectivity index (χ0v) is 18.9. The van der Waals surface area contributed by atoms with Crippen LogP contribution in [0, 0.1) is 5.82 Å². The fourth-order valence-electron chi connectivity index (χ4n) is 4.14. The minimum absolute atomic E-state index is 0.0451. The molecule has 1 aliphatic rings. The highest BCUT2D eigenvalue weighted by Crippen LogP contribution is 2.40. The van der Waals surface area contributed by atoms with Gasteiger partial charge in [-0.25, -0.2) is 9.40 Å². The molecular formula is C26H21FN4O2S. The van der Waals surface area contributed by atoms with E-state index in [1.807, 2.05) is 36.4 Å². The molecule has 2 aromatic carbocycles. The van der Waals surface area contributed by atoms with E-state index in [2.05, 4.69) is 10.1 Å². The van der Waals surface area contributed by atoms with Crippen LogP contribution >= 0.6 is 11.3 Å². The summed E-state index contributed by atoms with van der Waals surface area (Å²) in [5.74, 6) is -1.17. The quantitative estimate of drug-likeness (QED) is 0.422. The van der Waals surface area contributed by atoms with E-state index in [-0.39, 0.29) is 23.6 Å². The number of carbonyl (C=O) groups excluding carboxylic acids is 1. The lowest BCUT2D eigenvalue weighted by molar-refractivity contribution is 0.0712. The summed E-state index contributed by atoms with van der Waals surface area (Å²) < 4.78 is 14.8. The SMILES string of the molecule is NCc1ccccc1-c1ccc(C(=O)N2N=C(c3cccnc3)CC2c2c(O)cccc2F)s1. The summed E-state index contributed by atoms with van der Waals surface area (Å²) in [6, 6.07) is 18.3. The van der Waals surface area contributed by atoms with Gasteiger partial charge in [-0.15, -0.1) is 11.3 Å². The number of carbonyl (C=O) groups is 1. The van der Waals surface area contributed by atoms with Crippen molar-refractivity contribution in [3.05, 3.63) is 107 Å². The highest BCUT2D eigenvalue weighted by molar-refractivity contribution is 7.17. The molecule has 34 heavy (non-hydrogen) atoms. The third-order valence-electron chi connectivity index (χ3n) is 5.80. The monoisotopic (exact) mass is 472 g/mol. The summed E-state index contributed by atoms with van der Waals surface area (Å²) in [6.45, 7) is 0.386. The minimum atomic E-state index is -0.786. The number of aromatic hydroxyl groups is 1. The van der Waals surface area contributed by atoms with E-state index in [1.54, 1.807) is 24.5 Å². The maximum absolute atomic E-state index is 14.8. The number of nitrogens with two attached hydrogens (primary N) is 1. The molecule has 8 heteroatoms. The van der Waals surface area contributed by atoms with Crippen LogP contribution in [0.3, 0.4) is 0 Å². The molecule has 4 aromatic rings. The first kappa shape index (κ1) is 21.9. The molecule has 0 bridgehead atoms. The van der Waals surface area contributed by atoms with Crippen LogP contribution in [0.25, 0.3) is 10.4 Å². The number of phenols is 1. The van der Waals surface area contributed by atoms with Gasteiger partial charge in [-0.05, 0) is 41.5 Å². The second-order valence-electron chi connectivity index (χ2n) is 7.86. The molecule has 3 N–H and O–H groups in total. The number of rotatable bonds is 5. The molecule has 5 rings (SSSR count). The van der Waals surface area contributed by atoms with E-state index in [0.717, 1.165) is 21.6 Å². The highest BCUT2D eigenvalue weighted by atomic mass is 32.1. The summed E-state index contributed by atoms with van der Waals surface area (Å²) in [7, 11) is 0. The van der Waals surface area contributed by atoms with Crippen LogP contribution < -0.4 is 5.73 Å². The molecule has 0 spiro atoms. The van der Waals surface area contributed by atoms with Gasteiger partial charge in [-0.2, -0.15) is 5.10 Å². The number of thiophene rings is 1. The molecule has 1 atom stereocenters. The smallest absolute Gasteiger partial charge is 0.284 e. The topological polar surface area (TPSA) is 91.8 Å². The fraction of sp³-hybridized carbons (Fsp3) is 0.115. The number of phenolic OH excluding ortho intramolecular Hbond substituents is 1. The molecule has 1 amide bonds. The summed E-state index contributed by atoms with van der Waals surface area (Å²) in [4.78, 5) is 19.1. The first-order chi connectivity index (χ1) is 16.6. The molecule has 170 valence electrons. The molecule has 0 radical (unpaired) electrons. The van der Waals surface area contributed by atoms with Crippen LogP contribution in [0.2, 0.25) is 0 Å². The second-order valence-corrected chi connectivity index (χ2v) is 8.94. The largest absolute Gasteiger partial charge is 0.507 e. The van der Waals surface area contributed by atoms with Gasteiger partial charge >= 0.3 is 0 Å². The first-order valence-electron chi connectivity index (χ1n) is 10.7. The van der Waals surface area contributed by atoms with Gasteiger partial charge in [0.05, 0.1) is 22.2 Å².